The highest BCUT2D eigenvalue weighted by Crippen LogP contribution is 2.27. The zero-order valence-electron chi connectivity index (χ0n) is 12.2. The SMILES string of the molecule is CSc1cccc(C(=O)NC2CCC3OCCOC3C2)c1. The highest BCUT2D eigenvalue weighted by molar-refractivity contribution is 7.98. The Labute approximate surface area is 129 Å². The summed E-state index contributed by atoms with van der Waals surface area (Å²) in [5.74, 6) is 0.00563. The molecule has 1 saturated carbocycles. The van der Waals surface area contributed by atoms with Gasteiger partial charge in [0.2, 0.25) is 0 Å². The van der Waals surface area contributed by atoms with Crippen LogP contribution in [0.4, 0.5) is 0 Å². The molecule has 1 aliphatic carbocycles. The van der Waals surface area contributed by atoms with E-state index >= 15 is 0 Å². The van der Waals surface area contributed by atoms with Gasteiger partial charge < -0.3 is 14.8 Å². The smallest absolute Gasteiger partial charge is 0.251 e. The molecule has 0 bridgehead atoms. The van der Waals surface area contributed by atoms with E-state index in [-0.39, 0.29) is 24.2 Å². The largest absolute Gasteiger partial charge is 0.373 e. The average molecular weight is 307 g/mol. The first-order valence-electron chi connectivity index (χ1n) is 7.44. The van der Waals surface area contributed by atoms with Gasteiger partial charge in [-0.3, -0.25) is 4.79 Å². The fraction of sp³-hybridized carbons (Fsp3) is 0.562. The van der Waals surface area contributed by atoms with E-state index in [4.69, 9.17) is 9.47 Å². The number of thioether (sulfide) groups is 1. The molecule has 1 aromatic carbocycles. The summed E-state index contributed by atoms with van der Waals surface area (Å²) in [4.78, 5) is 13.5. The van der Waals surface area contributed by atoms with Gasteiger partial charge in [-0.25, -0.2) is 0 Å². The summed E-state index contributed by atoms with van der Waals surface area (Å²) in [7, 11) is 0. The number of carbonyl (C=O) groups is 1. The van der Waals surface area contributed by atoms with E-state index in [1.54, 1.807) is 11.8 Å². The molecule has 4 nitrogen and oxygen atoms in total. The summed E-state index contributed by atoms with van der Waals surface area (Å²) in [5.41, 5.74) is 0.727. The van der Waals surface area contributed by atoms with E-state index in [9.17, 15) is 4.79 Å². The third kappa shape index (κ3) is 3.59. The quantitative estimate of drug-likeness (QED) is 0.872. The van der Waals surface area contributed by atoms with Crippen molar-refractivity contribution < 1.29 is 14.3 Å². The minimum absolute atomic E-state index is 0.00563. The summed E-state index contributed by atoms with van der Waals surface area (Å²) in [6.07, 6.45) is 5.12. The molecule has 1 saturated heterocycles. The summed E-state index contributed by atoms with van der Waals surface area (Å²) >= 11 is 1.64. The van der Waals surface area contributed by atoms with Crippen LogP contribution in [0.5, 0.6) is 0 Å². The first kappa shape index (κ1) is 14.9. The van der Waals surface area contributed by atoms with Gasteiger partial charge in [0, 0.05) is 16.5 Å². The number of hydrogen-bond donors (Lipinski definition) is 1. The minimum Gasteiger partial charge on any atom is -0.373 e. The molecular formula is C16H21NO3S. The van der Waals surface area contributed by atoms with E-state index in [1.165, 1.54) is 0 Å². The van der Waals surface area contributed by atoms with Crippen LogP contribution in [0.2, 0.25) is 0 Å². The average Bonchev–Trinajstić information content (AvgIpc) is 2.54. The number of hydrogen-bond acceptors (Lipinski definition) is 4. The Hall–Kier alpha value is -1.04. The molecule has 5 heteroatoms. The minimum atomic E-state index is 0.00563. The molecule has 3 rings (SSSR count). The van der Waals surface area contributed by atoms with Crippen molar-refractivity contribution in [3.63, 3.8) is 0 Å². The van der Waals surface area contributed by atoms with Crippen LogP contribution >= 0.6 is 11.8 Å². The van der Waals surface area contributed by atoms with Gasteiger partial charge in [0.05, 0.1) is 25.4 Å². The standard InChI is InChI=1S/C16H21NO3S/c1-21-13-4-2-3-11(9-13)16(18)17-12-5-6-14-15(10-12)20-8-7-19-14/h2-4,9,12,14-15H,5-8,10H2,1H3,(H,17,18). The maximum absolute atomic E-state index is 12.3. The first-order valence-corrected chi connectivity index (χ1v) is 8.67. The first-order chi connectivity index (χ1) is 10.3. The lowest BCUT2D eigenvalue weighted by atomic mass is 9.89. The number of nitrogens with one attached hydrogen (secondary N) is 1. The Kier molecular flexibility index (Phi) is 4.83. The summed E-state index contributed by atoms with van der Waals surface area (Å²) < 4.78 is 11.5. The van der Waals surface area contributed by atoms with Crippen molar-refractivity contribution in [2.24, 2.45) is 0 Å². The van der Waals surface area contributed by atoms with E-state index < -0.39 is 0 Å². The van der Waals surface area contributed by atoms with Crippen LogP contribution in [0.3, 0.4) is 0 Å². The van der Waals surface area contributed by atoms with Gasteiger partial charge in [-0.1, -0.05) is 6.07 Å². The zero-order valence-corrected chi connectivity index (χ0v) is 13.0. The molecule has 0 spiro atoms. The molecule has 1 amide bonds. The van der Waals surface area contributed by atoms with Crippen molar-refractivity contribution in [1.82, 2.24) is 5.32 Å². The van der Waals surface area contributed by atoms with Gasteiger partial charge in [0.25, 0.3) is 5.91 Å². The third-order valence-electron chi connectivity index (χ3n) is 4.15. The maximum Gasteiger partial charge on any atom is 0.251 e. The van der Waals surface area contributed by atoms with Gasteiger partial charge in [-0.05, 0) is 43.7 Å². The van der Waals surface area contributed by atoms with Crippen LogP contribution in [0.25, 0.3) is 0 Å². The van der Waals surface area contributed by atoms with Crippen LogP contribution in [-0.2, 0) is 9.47 Å². The lowest BCUT2D eigenvalue weighted by Gasteiger charge is -2.39. The Morgan fingerprint density at radius 2 is 2.05 bits per heavy atom. The molecule has 1 aliphatic heterocycles. The highest BCUT2D eigenvalue weighted by atomic mass is 32.2. The third-order valence-corrected chi connectivity index (χ3v) is 4.87. The van der Waals surface area contributed by atoms with Crippen molar-refractivity contribution in [1.29, 1.82) is 0 Å². The van der Waals surface area contributed by atoms with Crippen molar-refractivity contribution in [3.05, 3.63) is 29.8 Å². The Morgan fingerprint density at radius 3 is 2.86 bits per heavy atom. The van der Waals surface area contributed by atoms with E-state index in [1.807, 2.05) is 30.5 Å². The molecule has 0 aromatic heterocycles. The second kappa shape index (κ2) is 6.81. The Morgan fingerprint density at radius 1 is 1.24 bits per heavy atom. The van der Waals surface area contributed by atoms with Gasteiger partial charge >= 0.3 is 0 Å². The van der Waals surface area contributed by atoms with Gasteiger partial charge in [0.15, 0.2) is 0 Å². The van der Waals surface area contributed by atoms with Gasteiger partial charge in [0.1, 0.15) is 0 Å². The lowest BCUT2D eigenvalue weighted by molar-refractivity contribution is -0.157. The molecule has 1 aromatic rings. The van der Waals surface area contributed by atoms with Crippen LogP contribution in [0, 0.1) is 0 Å². The summed E-state index contributed by atoms with van der Waals surface area (Å²) in [6, 6.07) is 7.92. The van der Waals surface area contributed by atoms with Gasteiger partial charge in [-0.15, -0.1) is 11.8 Å². The van der Waals surface area contributed by atoms with Crippen LogP contribution in [-0.4, -0.2) is 43.6 Å². The zero-order chi connectivity index (χ0) is 14.7. The number of ether oxygens (including phenoxy) is 2. The van der Waals surface area contributed by atoms with Crippen molar-refractivity contribution in [2.45, 2.75) is 42.4 Å². The Balaban J connectivity index is 1.59. The topological polar surface area (TPSA) is 47.6 Å². The number of benzene rings is 1. The molecule has 3 atom stereocenters. The molecule has 114 valence electrons. The van der Waals surface area contributed by atoms with Crippen LogP contribution in [0.15, 0.2) is 29.2 Å². The van der Waals surface area contributed by atoms with Crippen molar-refractivity contribution in [3.8, 4) is 0 Å². The van der Waals surface area contributed by atoms with Crippen LogP contribution < -0.4 is 5.32 Å². The van der Waals surface area contributed by atoms with E-state index in [2.05, 4.69) is 5.32 Å². The molecule has 3 unspecified atom stereocenters. The highest BCUT2D eigenvalue weighted by Gasteiger charge is 2.34. The fourth-order valence-corrected chi connectivity index (χ4v) is 3.49. The second-order valence-electron chi connectivity index (χ2n) is 5.53. The molecule has 2 fully saturated rings. The number of carbonyl (C=O) groups excluding carboxylic acids is 1. The van der Waals surface area contributed by atoms with E-state index in [0.717, 1.165) is 29.7 Å². The maximum atomic E-state index is 12.3. The van der Waals surface area contributed by atoms with Crippen molar-refractivity contribution in [2.75, 3.05) is 19.5 Å². The molecule has 1 heterocycles. The summed E-state index contributed by atoms with van der Waals surface area (Å²) in [6.45, 7) is 1.36. The fourth-order valence-electron chi connectivity index (χ4n) is 3.03. The molecule has 0 radical (unpaired) electrons. The second-order valence-corrected chi connectivity index (χ2v) is 6.41. The monoisotopic (exact) mass is 307 g/mol. The lowest BCUT2D eigenvalue weighted by Crippen LogP contribution is -2.49. The molecule has 21 heavy (non-hydrogen) atoms. The predicted octanol–water partition coefficient (Wildman–Crippen LogP) is 2.47. The van der Waals surface area contributed by atoms with E-state index in [0.29, 0.717) is 13.2 Å². The normalized spacial score (nSPS) is 28.7. The number of fused-ring (bicyclic) bond motifs is 1. The summed E-state index contributed by atoms with van der Waals surface area (Å²) in [5, 5.41) is 3.14. The van der Waals surface area contributed by atoms with Crippen molar-refractivity contribution >= 4 is 17.7 Å². The van der Waals surface area contributed by atoms with Gasteiger partial charge in [-0.2, -0.15) is 0 Å². The molecule has 1 N–H and O–H groups in total. The molecule has 2 aliphatic rings. The number of rotatable bonds is 3. The molecular weight excluding hydrogens is 286 g/mol. The van der Waals surface area contributed by atoms with Crippen LogP contribution in [0.1, 0.15) is 29.6 Å². The number of amides is 1. The Bertz CT molecular complexity index is 508. The predicted molar refractivity (Wildman–Crippen MR) is 82.8 cm³/mol.